The Labute approximate surface area is 193 Å². The molecule has 1 amide bonds. The number of amides is 1. The Bertz CT molecular complexity index is 1180. The van der Waals surface area contributed by atoms with Gasteiger partial charge in [-0.1, -0.05) is 6.07 Å². The van der Waals surface area contributed by atoms with E-state index >= 15 is 0 Å². The topological polar surface area (TPSA) is 86.1 Å². The fourth-order valence-electron chi connectivity index (χ4n) is 4.24. The number of Topliss-reactive ketones (excluding diaryl/α,β-unsaturated/α-hetero) is 1. The maximum Gasteiger partial charge on any atom is 0.251 e. The fraction of sp³-hybridized carbons (Fsp3) is 0.385. The third-order valence-electron chi connectivity index (χ3n) is 6.29. The van der Waals surface area contributed by atoms with Gasteiger partial charge in [-0.15, -0.1) is 0 Å². The SMILES string of the molecule is Cc1ccc(C(=O)NC2CC2)cc1-c1cnn(-c2cncc(CC(=O)CC3CCOC3)c2)c1. The predicted octanol–water partition coefficient (Wildman–Crippen LogP) is 3.67. The van der Waals surface area contributed by atoms with E-state index in [0.717, 1.165) is 53.8 Å². The first-order valence-corrected chi connectivity index (χ1v) is 11.6. The number of hydrogen-bond donors (Lipinski definition) is 1. The van der Waals surface area contributed by atoms with Gasteiger partial charge in [-0.05, 0) is 67.0 Å². The molecule has 1 saturated heterocycles. The Morgan fingerprint density at radius 3 is 2.82 bits per heavy atom. The molecule has 33 heavy (non-hydrogen) atoms. The van der Waals surface area contributed by atoms with Crippen LogP contribution in [0.4, 0.5) is 0 Å². The lowest BCUT2D eigenvalue weighted by molar-refractivity contribution is -0.119. The lowest BCUT2D eigenvalue weighted by atomic mass is 9.98. The Kier molecular flexibility index (Phi) is 6.05. The van der Waals surface area contributed by atoms with Crippen molar-refractivity contribution < 1.29 is 14.3 Å². The van der Waals surface area contributed by atoms with Crippen molar-refractivity contribution in [2.24, 2.45) is 5.92 Å². The molecule has 1 atom stereocenters. The highest BCUT2D eigenvalue weighted by atomic mass is 16.5. The molecule has 7 nitrogen and oxygen atoms in total. The third kappa shape index (κ3) is 5.20. The molecule has 2 fully saturated rings. The van der Waals surface area contributed by atoms with Crippen LogP contribution in [0.5, 0.6) is 0 Å². The van der Waals surface area contributed by atoms with Crippen molar-refractivity contribution in [2.45, 2.75) is 45.1 Å². The average Bonchev–Trinajstić information content (AvgIpc) is 3.24. The molecule has 0 radical (unpaired) electrons. The molecule has 1 N–H and O–H groups in total. The molecule has 2 aromatic heterocycles. The minimum Gasteiger partial charge on any atom is -0.381 e. The van der Waals surface area contributed by atoms with E-state index in [1.54, 1.807) is 23.3 Å². The van der Waals surface area contributed by atoms with Crippen LogP contribution in [0.3, 0.4) is 0 Å². The second kappa shape index (κ2) is 9.27. The second-order valence-electron chi connectivity index (χ2n) is 9.15. The molecule has 7 heteroatoms. The van der Waals surface area contributed by atoms with Gasteiger partial charge in [0.2, 0.25) is 0 Å². The zero-order valence-corrected chi connectivity index (χ0v) is 18.8. The third-order valence-corrected chi connectivity index (χ3v) is 6.29. The summed E-state index contributed by atoms with van der Waals surface area (Å²) in [5, 5.41) is 7.56. The Hall–Kier alpha value is -3.32. The van der Waals surface area contributed by atoms with Crippen LogP contribution >= 0.6 is 0 Å². The van der Waals surface area contributed by atoms with Crippen LogP contribution in [-0.4, -0.2) is 45.7 Å². The van der Waals surface area contributed by atoms with Gasteiger partial charge >= 0.3 is 0 Å². The lowest BCUT2D eigenvalue weighted by Crippen LogP contribution is -2.25. The van der Waals surface area contributed by atoms with Crippen molar-refractivity contribution >= 4 is 11.7 Å². The summed E-state index contributed by atoms with van der Waals surface area (Å²) in [6.45, 7) is 3.46. The normalized spacial score (nSPS) is 17.8. The Morgan fingerprint density at radius 2 is 2.03 bits per heavy atom. The van der Waals surface area contributed by atoms with Crippen molar-refractivity contribution in [3.8, 4) is 16.8 Å². The number of aromatic nitrogens is 3. The average molecular weight is 445 g/mol. The molecule has 3 aromatic rings. The van der Waals surface area contributed by atoms with Gasteiger partial charge in [0.15, 0.2) is 0 Å². The number of carbonyl (C=O) groups excluding carboxylic acids is 2. The summed E-state index contributed by atoms with van der Waals surface area (Å²) in [5.74, 6) is 0.520. The van der Waals surface area contributed by atoms with Crippen molar-refractivity contribution in [1.29, 1.82) is 0 Å². The van der Waals surface area contributed by atoms with Gasteiger partial charge in [0, 0.05) is 55.6 Å². The molecule has 1 saturated carbocycles. The summed E-state index contributed by atoms with van der Waals surface area (Å²) in [7, 11) is 0. The summed E-state index contributed by atoms with van der Waals surface area (Å²) in [4.78, 5) is 29.3. The summed E-state index contributed by atoms with van der Waals surface area (Å²) >= 11 is 0. The van der Waals surface area contributed by atoms with Gasteiger partial charge in [-0.2, -0.15) is 5.10 Å². The quantitative estimate of drug-likeness (QED) is 0.573. The number of pyridine rings is 1. The van der Waals surface area contributed by atoms with Gasteiger partial charge in [0.05, 0.1) is 18.1 Å². The number of carbonyl (C=O) groups is 2. The highest BCUT2D eigenvalue weighted by molar-refractivity contribution is 5.96. The number of nitrogens with one attached hydrogen (secondary N) is 1. The number of hydrogen-bond acceptors (Lipinski definition) is 5. The van der Waals surface area contributed by atoms with Crippen LogP contribution in [0.2, 0.25) is 0 Å². The van der Waals surface area contributed by atoms with Gasteiger partial charge in [-0.25, -0.2) is 4.68 Å². The first-order valence-electron chi connectivity index (χ1n) is 11.6. The smallest absolute Gasteiger partial charge is 0.251 e. The highest BCUT2D eigenvalue weighted by Crippen LogP contribution is 2.26. The number of nitrogens with zero attached hydrogens (tertiary/aromatic N) is 3. The first-order chi connectivity index (χ1) is 16.0. The van der Waals surface area contributed by atoms with Crippen LogP contribution in [0.15, 0.2) is 49.1 Å². The van der Waals surface area contributed by atoms with Crippen LogP contribution in [-0.2, 0) is 16.0 Å². The van der Waals surface area contributed by atoms with Gasteiger partial charge in [-0.3, -0.25) is 14.6 Å². The lowest BCUT2D eigenvalue weighted by Gasteiger charge is -2.08. The molecule has 0 bridgehead atoms. The predicted molar refractivity (Wildman–Crippen MR) is 124 cm³/mol. The number of benzene rings is 1. The summed E-state index contributed by atoms with van der Waals surface area (Å²) in [6, 6.07) is 8.04. The standard InChI is InChI=1S/C26H28N4O3/c1-17-2-3-20(26(32)29-22-4-5-22)11-25(17)21-13-28-30(15-21)23-8-19(12-27-14-23)10-24(31)9-18-6-7-33-16-18/h2-3,8,11-15,18,22H,4-7,9-10,16H2,1H3,(H,29,32). The van der Waals surface area contributed by atoms with Crippen molar-refractivity contribution in [3.63, 3.8) is 0 Å². The Balaban J connectivity index is 1.32. The van der Waals surface area contributed by atoms with Crippen molar-refractivity contribution in [2.75, 3.05) is 13.2 Å². The number of ketones is 1. The van der Waals surface area contributed by atoms with Gasteiger partial charge in [0.25, 0.3) is 5.91 Å². The van der Waals surface area contributed by atoms with Crippen LogP contribution in [0.1, 0.15) is 47.2 Å². The van der Waals surface area contributed by atoms with E-state index in [0.29, 0.717) is 37.0 Å². The number of ether oxygens (including phenoxy) is 1. The molecular formula is C26H28N4O3. The molecule has 5 rings (SSSR count). The fourth-order valence-corrected chi connectivity index (χ4v) is 4.24. The molecule has 2 aliphatic rings. The molecule has 3 heterocycles. The van der Waals surface area contributed by atoms with Gasteiger partial charge in [0.1, 0.15) is 5.78 Å². The molecule has 1 aliphatic carbocycles. The number of rotatable bonds is 8. The summed E-state index contributed by atoms with van der Waals surface area (Å²) in [5.41, 5.74) is 5.31. The van der Waals surface area contributed by atoms with E-state index in [1.165, 1.54) is 0 Å². The Morgan fingerprint density at radius 1 is 1.15 bits per heavy atom. The van der Waals surface area contributed by atoms with Crippen LogP contribution in [0, 0.1) is 12.8 Å². The number of aryl methyl sites for hydroxylation is 1. The van der Waals surface area contributed by atoms with Crippen molar-refractivity contribution in [1.82, 2.24) is 20.1 Å². The first kappa shape index (κ1) is 21.5. The summed E-state index contributed by atoms with van der Waals surface area (Å²) in [6.07, 6.45) is 11.2. The molecule has 1 aromatic carbocycles. The van der Waals surface area contributed by atoms with Gasteiger partial charge < -0.3 is 10.1 Å². The van der Waals surface area contributed by atoms with E-state index in [1.807, 2.05) is 37.4 Å². The molecule has 170 valence electrons. The zero-order valence-electron chi connectivity index (χ0n) is 18.8. The largest absolute Gasteiger partial charge is 0.381 e. The molecular weight excluding hydrogens is 416 g/mol. The van der Waals surface area contributed by atoms with Crippen LogP contribution in [0.25, 0.3) is 16.8 Å². The van der Waals surface area contributed by atoms with E-state index in [2.05, 4.69) is 15.4 Å². The summed E-state index contributed by atoms with van der Waals surface area (Å²) < 4.78 is 7.14. The second-order valence-corrected chi connectivity index (χ2v) is 9.15. The zero-order chi connectivity index (χ0) is 22.8. The molecule has 1 unspecified atom stereocenters. The van der Waals surface area contributed by atoms with Crippen molar-refractivity contribution in [3.05, 3.63) is 65.7 Å². The van der Waals surface area contributed by atoms with E-state index in [4.69, 9.17) is 4.74 Å². The van der Waals surface area contributed by atoms with Crippen LogP contribution < -0.4 is 5.32 Å². The molecule has 0 spiro atoms. The van der Waals surface area contributed by atoms with E-state index in [-0.39, 0.29) is 11.7 Å². The minimum atomic E-state index is -0.0307. The minimum absolute atomic E-state index is 0.0307. The maximum absolute atomic E-state index is 12.5. The monoisotopic (exact) mass is 444 g/mol. The van der Waals surface area contributed by atoms with E-state index in [9.17, 15) is 9.59 Å². The highest BCUT2D eigenvalue weighted by Gasteiger charge is 2.24. The van der Waals surface area contributed by atoms with E-state index < -0.39 is 0 Å². The maximum atomic E-state index is 12.5. The molecule has 1 aliphatic heterocycles.